The number of hydrogen-bond donors (Lipinski definition) is 3. The molecule has 108 valence electrons. The van der Waals surface area contributed by atoms with E-state index in [0.29, 0.717) is 27.1 Å². The first-order valence-electron chi connectivity index (χ1n) is 5.70. The van der Waals surface area contributed by atoms with E-state index in [1.54, 1.807) is 18.2 Å². The molecule has 0 saturated heterocycles. The van der Waals surface area contributed by atoms with Crippen molar-refractivity contribution in [2.24, 2.45) is 5.14 Å². The van der Waals surface area contributed by atoms with Crippen LogP contribution in [0.5, 0.6) is 0 Å². The topological polar surface area (TPSA) is 122 Å². The number of anilines is 3. The van der Waals surface area contributed by atoms with Crippen LogP contribution in [0.15, 0.2) is 45.8 Å². The van der Waals surface area contributed by atoms with Gasteiger partial charge in [0.25, 0.3) is 0 Å². The lowest BCUT2D eigenvalue weighted by Gasteiger charge is -2.12. The Morgan fingerprint density at radius 2 is 1.86 bits per heavy atom. The van der Waals surface area contributed by atoms with Crippen molar-refractivity contribution in [1.82, 2.24) is 0 Å². The smallest absolute Gasteiger partial charge is 0.238 e. The van der Waals surface area contributed by atoms with Crippen LogP contribution in [0.2, 0.25) is 0 Å². The number of sulfonamides is 1. The standard InChI is InChI=1S/C13H11BrN4O2S/c14-10-5-8(7-15)1-4-12(10)18-13-6-9(21(17,19)20)2-3-11(13)16/h1-6,18H,16H2,(H2,17,19,20). The third-order valence-corrected chi connectivity index (χ3v) is 4.29. The Kier molecular flexibility index (Phi) is 4.18. The van der Waals surface area contributed by atoms with Crippen LogP contribution in [0.25, 0.3) is 0 Å². The van der Waals surface area contributed by atoms with Gasteiger partial charge in [0, 0.05) is 4.47 Å². The van der Waals surface area contributed by atoms with Gasteiger partial charge >= 0.3 is 0 Å². The first-order chi connectivity index (χ1) is 9.81. The van der Waals surface area contributed by atoms with Crippen molar-refractivity contribution in [2.45, 2.75) is 4.90 Å². The number of primary sulfonamides is 1. The summed E-state index contributed by atoms with van der Waals surface area (Å²) in [5.41, 5.74) is 7.75. The van der Waals surface area contributed by atoms with Crippen molar-refractivity contribution in [3.8, 4) is 6.07 Å². The molecule has 2 rings (SSSR count). The lowest BCUT2D eigenvalue weighted by Crippen LogP contribution is -2.12. The van der Waals surface area contributed by atoms with E-state index >= 15 is 0 Å². The van der Waals surface area contributed by atoms with Crippen LogP contribution in [0.3, 0.4) is 0 Å². The van der Waals surface area contributed by atoms with Gasteiger partial charge in [-0.15, -0.1) is 0 Å². The highest BCUT2D eigenvalue weighted by atomic mass is 79.9. The summed E-state index contributed by atoms with van der Waals surface area (Å²) in [7, 11) is -3.81. The SMILES string of the molecule is N#Cc1ccc(Nc2cc(S(N)(=O)=O)ccc2N)c(Br)c1. The van der Waals surface area contributed by atoms with Gasteiger partial charge in [0.1, 0.15) is 0 Å². The Bertz CT molecular complexity index is 844. The van der Waals surface area contributed by atoms with E-state index in [2.05, 4.69) is 21.2 Å². The minimum atomic E-state index is -3.81. The van der Waals surface area contributed by atoms with E-state index in [1.807, 2.05) is 6.07 Å². The molecule has 0 bridgehead atoms. The highest BCUT2D eigenvalue weighted by Gasteiger charge is 2.11. The highest BCUT2D eigenvalue weighted by molar-refractivity contribution is 9.10. The molecule has 0 aromatic heterocycles. The largest absolute Gasteiger partial charge is 0.397 e. The Morgan fingerprint density at radius 1 is 1.14 bits per heavy atom. The Hall–Kier alpha value is -2.08. The number of nitriles is 1. The van der Waals surface area contributed by atoms with Gasteiger partial charge in [0.2, 0.25) is 10.0 Å². The molecule has 2 aromatic rings. The maximum atomic E-state index is 11.4. The minimum absolute atomic E-state index is 0.0380. The lowest BCUT2D eigenvalue weighted by atomic mass is 10.2. The first-order valence-corrected chi connectivity index (χ1v) is 8.04. The van der Waals surface area contributed by atoms with Gasteiger partial charge in [-0.1, -0.05) is 0 Å². The zero-order chi connectivity index (χ0) is 15.6. The van der Waals surface area contributed by atoms with Gasteiger partial charge < -0.3 is 11.1 Å². The Labute approximate surface area is 130 Å². The molecule has 0 spiro atoms. The Morgan fingerprint density at radius 3 is 2.43 bits per heavy atom. The number of nitrogens with one attached hydrogen (secondary N) is 1. The number of nitrogens with zero attached hydrogens (tertiary/aromatic N) is 1. The summed E-state index contributed by atoms with van der Waals surface area (Å²) < 4.78 is 23.4. The molecule has 0 radical (unpaired) electrons. The summed E-state index contributed by atoms with van der Waals surface area (Å²) in [6, 6.07) is 11.1. The normalized spacial score (nSPS) is 10.9. The predicted octanol–water partition coefficient (Wildman–Crippen LogP) is 2.29. The summed E-state index contributed by atoms with van der Waals surface area (Å²) in [5.74, 6) is 0. The average molecular weight is 367 g/mol. The molecule has 0 amide bonds. The zero-order valence-corrected chi connectivity index (χ0v) is 13.1. The van der Waals surface area contributed by atoms with Crippen molar-refractivity contribution in [2.75, 3.05) is 11.1 Å². The Balaban J connectivity index is 2.42. The molecule has 5 N–H and O–H groups in total. The number of nitrogens with two attached hydrogens (primary N) is 2. The predicted molar refractivity (Wildman–Crippen MR) is 84.4 cm³/mol. The van der Waals surface area contributed by atoms with Crippen LogP contribution >= 0.6 is 15.9 Å². The second-order valence-corrected chi connectivity index (χ2v) is 6.64. The molecule has 0 saturated carbocycles. The second-order valence-electron chi connectivity index (χ2n) is 4.23. The molecule has 0 atom stereocenters. The number of halogens is 1. The third kappa shape index (κ3) is 3.52. The highest BCUT2D eigenvalue weighted by Crippen LogP contribution is 2.30. The summed E-state index contributed by atoms with van der Waals surface area (Å²) in [6.45, 7) is 0. The van der Waals surface area contributed by atoms with Gasteiger partial charge in [-0.25, -0.2) is 13.6 Å². The number of benzene rings is 2. The summed E-state index contributed by atoms with van der Waals surface area (Å²) in [5, 5.41) is 16.9. The number of rotatable bonds is 3. The quantitative estimate of drug-likeness (QED) is 0.719. The van der Waals surface area contributed by atoms with Crippen molar-refractivity contribution in [1.29, 1.82) is 5.26 Å². The van der Waals surface area contributed by atoms with Crippen LogP contribution < -0.4 is 16.2 Å². The fraction of sp³-hybridized carbons (Fsp3) is 0. The van der Waals surface area contributed by atoms with E-state index in [1.165, 1.54) is 18.2 Å². The minimum Gasteiger partial charge on any atom is -0.397 e. The van der Waals surface area contributed by atoms with Crippen molar-refractivity contribution in [3.05, 3.63) is 46.4 Å². The third-order valence-electron chi connectivity index (χ3n) is 2.72. The molecular formula is C13H11BrN4O2S. The molecule has 0 fully saturated rings. The van der Waals surface area contributed by atoms with Crippen LogP contribution in [-0.2, 0) is 10.0 Å². The van der Waals surface area contributed by atoms with Gasteiger partial charge in [-0.05, 0) is 52.3 Å². The van der Waals surface area contributed by atoms with E-state index in [0.717, 1.165) is 0 Å². The number of hydrogen-bond acceptors (Lipinski definition) is 5. The van der Waals surface area contributed by atoms with Crippen molar-refractivity contribution >= 4 is 43.0 Å². The lowest BCUT2D eigenvalue weighted by molar-refractivity contribution is 0.598. The van der Waals surface area contributed by atoms with Crippen LogP contribution in [0.4, 0.5) is 17.1 Å². The monoisotopic (exact) mass is 366 g/mol. The molecule has 0 heterocycles. The van der Waals surface area contributed by atoms with Crippen molar-refractivity contribution in [3.63, 3.8) is 0 Å². The molecule has 0 unspecified atom stereocenters. The molecular weight excluding hydrogens is 356 g/mol. The average Bonchev–Trinajstić information content (AvgIpc) is 2.42. The van der Waals surface area contributed by atoms with Crippen LogP contribution in [0, 0.1) is 11.3 Å². The summed E-state index contributed by atoms with van der Waals surface area (Å²) in [4.78, 5) is -0.0380. The van der Waals surface area contributed by atoms with Gasteiger partial charge in [-0.2, -0.15) is 5.26 Å². The molecule has 8 heteroatoms. The van der Waals surface area contributed by atoms with Gasteiger partial charge in [0.15, 0.2) is 0 Å². The number of nitrogen functional groups attached to an aromatic ring is 1. The van der Waals surface area contributed by atoms with E-state index in [9.17, 15) is 8.42 Å². The van der Waals surface area contributed by atoms with Crippen LogP contribution in [-0.4, -0.2) is 8.42 Å². The zero-order valence-electron chi connectivity index (χ0n) is 10.7. The molecule has 2 aromatic carbocycles. The van der Waals surface area contributed by atoms with E-state index in [4.69, 9.17) is 16.1 Å². The first kappa shape index (κ1) is 15.3. The molecule has 6 nitrogen and oxygen atoms in total. The molecule has 0 aliphatic carbocycles. The molecule has 0 aliphatic rings. The molecule has 21 heavy (non-hydrogen) atoms. The van der Waals surface area contributed by atoms with Crippen molar-refractivity contribution < 1.29 is 8.42 Å². The second kappa shape index (κ2) is 5.73. The fourth-order valence-electron chi connectivity index (χ4n) is 1.65. The molecule has 0 aliphatic heterocycles. The maximum absolute atomic E-state index is 11.4. The van der Waals surface area contributed by atoms with Gasteiger partial charge in [-0.3, -0.25) is 0 Å². The summed E-state index contributed by atoms with van der Waals surface area (Å²) in [6.07, 6.45) is 0. The van der Waals surface area contributed by atoms with Crippen LogP contribution in [0.1, 0.15) is 5.56 Å². The van der Waals surface area contributed by atoms with Gasteiger partial charge in [0.05, 0.1) is 33.6 Å². The summed E-state index contributed by atoms with van der Waals surface area (Å²) >= 11 is 3.33. The van der Waals surface area contributed by atoms with E-state index in [-0.39, 0.29) is 4.90 Å². The maximum Gasteiger partial charge on any atom is 0.238 e. The van der Waals surface area contributed by atoms with E-state index < -0.39 is 10.0 Å². The fourth-order valence-corrected chi connectivity index (χ4v) is 2.67.